The number of nitrogens with one attached hydrogen (secondary N) is 1. The van der Waals surface area contributed by atoms with Gasteiger partial charge in [0.2, 0.25) is 0 Å². The Labute approximate surface area is 106 Å². The van der Waals surface area contributed by atoms with Crippen molar-refractivity contribution in [3.63, 3.8) is 0 Å². The largest absolute Gasteiger partial charge is 0.507 e. The summed E-state index contributed by atoms with van der Waals surface area (Å²) < 4.78 is 5.56. The van der Waals surface area contributed by atoms with E-state index >= 15 is 0 Å². The minimum atomic E-state index is 0.216. The lowest BCUT2D eigenvalue weighted by atomic mass is 10.1. The standard InChI is InChI=1S/C14H16N2O2/c1-10-8-13(17)12-3-2-11(9-14(12)18-10)16-6-4-15-5-7-16/h2-3,8-9,15,17H,1,4-7H2. The molecule has 0 radical (unpaired) electrons. The third kappa shape index (κ3) is 1.95. The quantitative estimate of drug-likeness (QED) is 0.792. The number of benzene rings is 1. The van der Waals surface area contributed by atoms with Gasteiger partial charge in [-0.25, -0.2) is 0 Å². The van der Waals surface area contributed by atoms with Crippen molar-refractivity contribution < 1.29 is 9.84 Å². The number of anilines is 1. The second kappa shape index (κ2) is 4.38. The summed E-state index contributed by atoms with van der Waals surface area (Å²) >= 11 is 0. The van der Waals surface area contributed by atoms with Crippen molar-refractivity contribution in [1.82, 2.24) is 5.32 Å². The molecule has 0 aromatic heterocycles. The maximum atomic E-state index is 9.83. The molecule has 0 bridgehead atoms. The second-order valence-corrected chi connectivity index (χ2v) is 4.52. The van der Waals surface area contributed by atoms with Crippen molar-refractivity contribution in [1.29, 1.82) is 0 Å². The number of nitrogens with zero attached hydrogens (tertiary/aromatic N) is 1. The van der Waals surface area contributed by atoms with Crippen molar-refractivity contribution in [2.24, 2.45) is 0 Å². The number of fused-ring (bicyclic) bond motifs is 1. The molecule has 0 spiro atoms. The average Bonchev–Trinajstić information content (AvgIpc) is 2.39. The molecule has 2 N–H and O–H groups in total. The zero-order valence-electron chi connectivity index (χ0n) is 10.1. The van der Waals surface area contributed by atoms with Crippen molar-refractivity contribution >= 4 is 11.4 Å². The highest BCUT2D eigenvalue weighted by molar-refractivity contribution is 5.72. The predicted octanol–water partition coefficient (Wildman–Crippen LogP) is 1.90. The monoisotopic (exact) mass is 244 g/mol. The number of piperazine rings is 1. The van der Waals surface area contributed by atoms with Crippen LogP contribution in [0.5, 0.6) is 5.75 Å². The fourth-order valence-electron chi connectivity index (χ4n) is 2.33. The van der Waals surface area contributed by atoms with Gasteiger partial charge in [-0.2, -0.15) is 0 Å². The molecule has 94 valence electrons. The second-order valence-electron chi connectivity index (χ2n) is 4.52. The lowest BCUT2D eigenvalue weighted by Crippen LogP contribution is -2.43. The van der Waals surface area contributed by atoms with Crippen molar-refractivity contribution in [3.8, 4) is 5.75 Å². The molecule has 1 fully saturated rings. The van der Waals surface area contributed by atoms with Gasteiger partial charge in [0.25, 0.3) is 0 Å². The molecule has 1 aromatic rings. The average molecular weight is 244 g/mol. The molecule has 1 saturated heterocycles. The number of aliphatic hydroxyl groups excluding tert-OH is 1. The molecule has 4 nitrogen and oxygen atoms in total. The third-order valence-electron chi connectivity index (χ3n) is 3.26. The first-order valence-electron chi connectivity index (χ1n) is 6.11. The van der Waals surface area contributed by atoms with Gasteiger partial charge in [0.1, 0.15) is 17.3 Å². The van der Waals surface area contributed by atoms with Crippen LogP contribution in [0.15, 0.2) is 36.6 Å². The van der Waals surface area contributed by atoms with Crippen LogP contribution in [0.25, 0.3) is 5.76 Å². The van der Waals surface area contributed by atoms with Gasteiger partial charge in [0.05, 0.1) is 5.56 Å². The minimum Gasteiger partial charge on any atom is -0.507 e. The van der Waals surface area contributed by atoms with Crippen LogP contribution in [-0.2, 0) is 0 Å². The molecule has 2 heterocycles. The van der Waals surface area contributed by atoms with Crippen LogP contribution in [0.1, 0.15) is 5.56 Å². The van der Waals surface area contributed by atoms with Crippen LogP contribution in [-0.4, -0.2) is 31.3 Å². The van der Waals surface area contributed by atoms with Crippen LogP contribution < -0.4 is 15.0 Å². The molecule has 0 unspecified atom stereocenters. The number of hydrogen-bond acceptors (Lipinski definition) is 4. The Bertz CT molecular complexity index is 517. The number of hydrogen-bond donors (Lipinski definition) is 2. The summed E-state index contributed by atoms with van der Waals surface area (Å²) in [7, 11) is 0. The Balaban J connectivity index is 1.93. The van der Waals surface area contributed by atoms with Gasteiger partial charge in [-0.1, -0.05) is 6.58 Å². The summed E-state index contributed by atoms with van der Waals surface area (Å²) in [6.07, 6.45) is 1.53. The Morgan fingerprint density at radius 3 is 2.83 bits per heavy atom. The molecule has 0 amide bonds. The maximum absolute atomic E-state index is 9.83. The Hall–Kier alpha value is -1.94. The molecule has 0 atom stereocenters. The van der Waals surface area contributed by atoms with Gasteiger partial charge in [-0.05, 0) is 12.1 Å². The summed E-state index contributed by atoms with van der Waals surface area (Å²) in [5, 5.41) is 13.2. The number of rotatable bonds is 1. The Morgan fingerprint density at radius 1 is 1.28 bits per heavy atom. The summed E-state index contributed by atoms with van der Waals surface area (Å²) in [5.74, 6) is 1.36. The molecular formula is C14H16N2O2. The summed E-state index contributed by atoms with van der Waals surface area (Å²) in [4.78, 5) is 2.30. The Kier molecular flexibility index (Phi) is 2.72. The molecule has 18 heavy (non-hydrogen) atoms. The first-order valence-corrected chi connectivity index (χ1v) is 6.11. The van der Waals surface area contributed by atoms with Crippen molar-refractivity contribution in [2.45, 2.75) is 0 Å². The normalized spacial score (nSPS) is 19.0. The summed E-state index contributed by atoms with van der Waals surface area (Å²) in [6, 6.07) is 5.88. The van der Waals surface area contributed by atoms with E-state index in [-0.39, 0.29) is 5.76 Å². The molecule has 0 aliphatic carbocycles. The van der Waals surface area contributed by atoms with Gasteiger partial charge in [-0.15, -0.1) is 0 Å². The zero-order chi connectivity index (χ0) is 12.5. The molecule has 2 aliphatic rings. The number of ether oxygens (including phenoxy) is 1. The van der Waals surface area contributed by atoms with Crippen LogP contribution in [0.4, 0.5) is 5.69 Å². The topological polar surface area (TPSA) is 44.7 Å². The third-order valence-corrected chi connectivity index (χ3v) is 3.26. The molecule has 1 aromatic carbocycles. The number of aliphatic hydroxyl groups is 1. The Morgan fingerprint density at radius 2 is 2.06 bits per heavy atom. The van der Waals surface area contributed by atoms with Gasteiger partial charge < -0.3 is 20.1 Å². The highest BCUT2D eigenvalue weighted by atomic mass is 16.5. The van der Waals surface area contributed by atoms with Gasteiger partial charge >= 0.3 is 0 Å². The van der Waals surface area contributed by atoms with Gasteiger partial charge in [0.15, 0.2) is 0 Å². The molecule has 0 saturated carbocycles. The SMILES string of the molecule is C=C1C=C(O)c2ccc(N3CCNCC3)cc2O1. The maximum Gasteiger partial charge on any atom is 0.140 e. The van der Waals surface area contributed by atoms with Crippen LogP contribution in [0, 0.1) is 0 Å². The van der Waals surface area contributed by atoms with E-state index in [1.165, 1.54) is 6.08 Å². The molecule has 2 aliphatic heterocycles. The smallest absolute Gasteiger partial charge is 0.140 e. The molecule has 4 heteroatoms. The van der Waals surface area contributed by atoms with Crippen LogP contribution in [0.2, 0.25) is 0 Å². The van der Waals surface area contributed by atoms with E-state index in [2.05, 4.69) is 16.8 Å². The molecular weight excluding hydrogens is 228 g/mol. The highest BCUT2D eigenvalue weighted by Crippen LogP contribution is 2.34. The first kappa shape index (κ1) is 11.2. The predicted molar refractivity (Wildman–Crippen MR) is 71.9 cm³/mol. The van der Waals surface area contributed by atoms with Crippen molar-refractivity contribution in [3.05, 3.63) is 42.2 Å². The van der Waals surface area contributed by atoms with E-state index in [1.54, 1.807) is 0 Å². The zero-order valence-corrected chi connectivity index (χ0v) is 10.1. The van der Waals surface area contributed by atoms with E-state index < -0.39 is 0 Å². The van der Waals surface area contributed by atoms with E-state index in [9.17, 15) is 5.11 Å². The van der Waals surface area contributed by atoms with Crippen LogP contribution in [0.3, 0.4) is 0 Å². The molecule has 3 rings (SSSR count). The first-order chi connectivity index (χ1) is 8.74. The van der Waals surface area contributed by atoms with E-state index in [0.717, 1.165) is 37.4 Å². The van der Waals surface area contributed by atoms with E-state index in [0.29, 0.717) is 11.5 Å². The fraction of sp³-hybridized carbons (Fsp3) is 0.286. The fourth-order valence-corrected chi connectivity index (χ4v) is 2.33. The van der Waals surface area contributed by atoms with E-state index in [1.807, 2.05) is 18.2 Å². The lowest BCUT2D eigenvalue weighted by molar-refractivity contribution is 0.420. The highest BCUT2D eigenvalue weighted by Gasteiger charge is 2.18. The summed E-state index contributed by atoms with van der Waals surface area (Å²) in [5.41, 5.74) is 1.85. The summed E-state index contributed by atoms with van der Waals surface area (Å²) in [6.45, 7) is 7.69. The lowest BCUT2D eigenvalue weighted by Gasteiger charge is -2.30. The van der Waals surface area contributed by atoms with Crippen molar-refractivity contribution in [2.75, 3.05) is 31.1 Å². The van der Waals surface area contributed by atoms with Gasteiger partial charge in [-0.3, -0.25) is 0 Å². The minimum absolute atomic E-state index is 0.216. The number of allylic oxidation sites excluding steroid dienone is 1. The van der Waals surface area contributed by atoms with Gasteiger partial charge in [0, 0.05) is 44.0 Å². The van der Waals surface area contributed by atoms with E-state index in [4.69, 9.17) is 4.74 Å². The van der Waals surface area contributed by atoms with Crippen LogP contribution >= 0.6 is 0 Å².